The normalized spacial score (nSPS) is 17.8. The smallest absolute Gasteiger partial charge is 0.340 e. The van der Waals surface area contributed by atoms with Gasteiger partial charge in [0, 0.05) is 49.1 Å². The lowest BCUT2D eigenvalue weighted by atomic mass is 10.1. The number of alkyl halides is 3. The lowest BCUT2D eigenvalue weighted by Crippen LogP contribution is -2.62. The van der Waals surface area contributed by atoms with Crippen LogP contribution in [0.5, 0.6) is 0 Å². The number of benzene rings is 2. The molecular formula is C27H39F3N5S+. The topological polar surface area (TPSA) is 21.8 Å². The molecule has 2 aliphatic heterocycles. The Morgan fingerprint density at radius 2 is 1.69 bits per heavy atom. The second kappa shape index (κ2) is 11.7. The summed E-state index contributed by atoms with van der Waals surface area (Å²) in [6.45, 7) is 10.5. The molecule has 2 aromatic carbocycles. The van der Waals surface area contributed by atoms with Gasteiger partial charge in [-0.1, -0.05) is 23.9 Å². The Labute approximate surface area is 217 Å². The summed E-state index contributed by atoms with van der Waals surface area (Å²) >= 11 is 1.55. The second-order valence-corrected chi connectivity index (χ2v) is 11.3. The van der Waals surface area contributed by atoms with Gasteiger partial charge in [0.25, 0.3) is 0 Å². The van der Waals surface area contributed by atoms with Crippen molar-refractivity contribution in [1.29, 1.82) is 0 Å². The predicted octanol–water partition coefficient (Wildman–Crippen LogP) is 4.61. The Kier molecular flexibility index (Phi) is 8.88. The van der Waals surface area contributed by atoms with Crippen LogP contribution in [0, 0.1) is 0 Å². The number of anilines is 2. The van der Waals surface area contributed by atoms with Gasteiger partial charge in [-0.25, -0.2) is 0 Å². The summed E-state index contributed by atoms with van der Waals surface area (Å²) in [5, 5.41) is 3.32. The summed E-state index contributed by atoms with van der Waals surface area (Å²) < 4.78 is 41.6. The SMILES string of the molecule is CNCC[N+]1(CCN(C)C)CCN(CCCN2c3ccccc3Sc3ccc(C(F)(F)F)cc32)CC1. The van der Waals surface area contributed by atoms with Crippen LogP contribution in [-0.4, -0.2) is 101 Å². The van der Waals surface area contributed by atoms with Crippen LogP contribution in [0.25, 0.3) is 0 Å². The van der Waals surface area contributed by atoms with Gasteiger partial charge >= 0.3 is 6.18 Å². The van der Waals surface area contributed by atoms with Gasteiger partial charge in [-0.15, -0.1) is 0 Å². The Morgan fingerprint density at radius 3 is 2.39 bits per heavy atom. The maximum atomic E-state index is 13.5. The van der Waals surface area contributed by atoms with Crippen LogP contribution in [0.4, 0.5) is 24.5 Å². The van der Waals surface area contributed by atoms with E-state index >= 15 is 0 Å². The molecule has 2 heterocycles. The fourth-order valence-corrected chi connectivity index (χ4v) is 6.25. The summed E-state index contributed by atoms with van der Waals surface area (Å²) in [7, 11) is 6.29. The van der Waals surface area contributed by atoms with Crippen LogP contribution in [0.1, 0.15) is 12.0 Å². The Balaban J connectivity index is 1.40. The molecular weight excluding hydrogens is 483 g/mol. The van der Waals surface area contributed by atoms with Crippen molar-refractivity contribution < 1.29 is 17.7 Å². The van der Waals surface area contributed by atoms with E-state index in [1.54, 1.807) is 17.8 Å². The van der Waals surface area contributed by atoms with Crippen molar-refractivity contribution in [2.45, 2.75) is 22.4 Å². The molecule has 0 aliphatic carbocycles. The third-order valence-corrected chi connectivity index (χ3v) is 8.58. The molecule has 0 saturated carbocycles. The number of halogens is 3. The van der Waals surface area contributed by atoms with Crippen molar-refractivity contribution in [3.8, 4) is 0 Å². The first-order valence-electron chi connectivity index (χ1n) is 12.8. The van der Waals surface area contributed by atoms with Crippen LogP contribution in [0.15, 0.2) is 52.3 Å². The van der Waals surface area contributed by atoms with Gasteiger partial charge in [0.2, 0.25) is 0 Å². The molecule has 0 spiro atoms. The summed E-state index contributed by atoms with van der Waals surface area (Å²) in [4.78, 5) is 8.86. The molecule has 36 heavy (non-hydrogen) atoms. The van der Waals surface area contributed by atoms with Crippen LogP contribution in [-0.2, 0) is 6.18 Å². The average Bonchev–Trinajstić information content (AvgIpc) is 2.86. The van der Waals surface area contributed by atoms with Crippen LogP contribution in [0.2, 0.25) is 0 Å². The molecule has 1 N–H and O–H groups in total. The monoisotopic (exact) mass is 522 g/mol. The minimum absolute atomic E-state index is 0.587. The molecule has 0 atom stereocenters. The molecule has 1 fully saturated rings. The van der Waals surface area contributed by atoms with E-state index in [4.69, 9.17) is 0 Å². The van der Waals surface area contributed by atoms with Crippen molar-refractivity contribution in [2.24, 2.45) is 0 Å². The first kappa shape index (κ1) is 27.3. The Morgan fingerprint density at radius 1 is 0.972 bits per heavy atom. The summed E-state index contributed by atoms with van der Waals surface area (Å²) in [5.74, 6) is 0. The number of hydrogen-bond donors (Lipinski definition) is 1. The maximum Gasteiger partial charge on any atom is 0.416 e. The van der Waals surface area contributed by atoms with Crippen LogP contribution < -0.4 is 10.2 Å². The zero-order chi connectivity index (χ0) is 25.8. The van der Waals surface area contributed by atoms with Gasteiger partial charge < -0.3 is 19.6 Å². The fraction of sp³-hybridized carbons (Fsp3) is 0.556. The molecule has 0 amide bonds. The minimum atomic E-state index is -4.35. The van der Waals surface area contributed by atoms with Crippen LogP contribution >= 0.6 is 11.8 Å². The maximum absolute atomic E-state index is 13.5. The van der Waals surface area contributed by atoms with Crippen molar-refractivity contribution >= 4 is 23.1 Å². The number of hydrogen-bond acceptors (Lipinski definition) is 5. The quantitative estimate of drug-likeness (QED) is 0.459. The van der Waals surface area contributed by atoms with E-state index in [0.717, 1.165) is 78.7 Å². The van der Waals surface area contributed by atoms with Gasteiger partial charge in [0.1, 0.15) is 0 Å². The number of likely N-dealkylation sites (N-methyl/N-ethyl adjacent to an activating group) is 2. The van der Waals surface area contributed by atoms with Crippen molar-refractivity contribution in [1.82, 2.24) is 15.1 Å². The zero-order valence-corrected chi connectivity index (χ0v) is 22.5. The van der Waals surface area contributed by atoms with Gasteiger partial charge in [0.05, 0.1) is 43.1 Å². The van der Waals surface area contributed by atoms with E-state index < -0.39 is 11.7 Å². The molecule has 0 radical (unpaired) electrons. The number of quaternary nitrogens is 1. The molecule has 1 saturated heterocycles. The standard InChI is InChI=1S/C27H39F3N5S/c1-31-11-17-35(18-14-32(2)3)19-15-33(16-20-35)12-6-13-34-23-7-4-5-8-25(23)36-26-10-9-22(21-24(26)34)27(28,29)30/h4-5,7-10,21,31H,6,11-20H2,1-3H3/q+1. The van der Waals surface area contributed by atoms with Gasteiger partial charge in [-0.05, 0) is 57.9 Å². The molecule has 2 aliphatic rings. The van der Waals surface area contributed by atoms with Gasteiger partial charge in [0.15, 0.2) is 0 Å². The Hall–Kier alpha value is -1.78. The average molecular weight is 523 g/mol. The number of nitrogens with one attached hydrogen (secondary N) is 1. The van der Waals surface area contributed by atoms with E-state index in [0.29, 0.717) is 12.2 Å². The van der Waals surface area contributed by atoms with Crippen molar-refractivity contribution in [2.75, 3.05) is 91.5 Å². The Bertz CT molecular complexity index is 1010. The number of fused-ring (bicyclic) bond motifs is 2. The number of piperazine rings is 1. The first-order chi connectivity index (χ1) is 17.2. The van der Waals surface area contributed by atoms with E-state index in [2.05, 4.69) is 40.2 Å². The third kappa shape index (κ3) is 6.55. The highest BCUT2D eigenvalue weighted by Crippen LogP contribution is 2.49. The predicted molar refractivity (Wildman–Crippen MR) is 142 cm³/mol. The fourth-order valence-electron chi connectivity index (χ4n) is 5.17. The van der Waals surface area contributed by atoms with Gasteiger partial charge in [-0.3, -0.25) is 4.90 Å². The second-order valence-electron chi connectivity index (χ2n) is 10.2. The first-order valence-corrected chi connectivity index (χ1v) is 13.6. The number of para-hydroxylation sites is 1. The molecule has 5 nitrogen and oxygen atoms in total. The van der Waals surface area contributed by atoms with Crippen molar-refractivity contribution in [3.05, 3.63) is 48.0 Å². The molecule has 0 aromatic heterocycles. The highest BCUT2D eigenvalue weighted by atomic mass is 32.2. The third-order valence-electron chi connectivity index (χ3n) is 7.45. The largest absolute Gasteiger partial charge is 0.416 e. The van der Waals surface area contributed by atoms with Crippen LogP contribution in [0.3, 0.4) is 0 Å². The van der Waals surface area contributed by atoms with E-state index in [1.807, 2.05) is 25.2 Å². The molecule has 9 heteroatoms. The summed E-state index contributed by atoms with van der Waals surface area (Å²) in [6, 6.07) is 12.2. The number of rotatable bonds is 10. The van der Waals surface area contributed by atoms with E-state index in [9.17, 15) is 13.2 Å². The lowest BCUT2D eigenvalue weighted by molar-refractivity contribution is -0.930. The molecule has 0 unspecified atom stereocenters. The number of nitrogens with zero attached hydrogens (tertiary/aromatic N) is 4. The minimum Gasteiger partial charge on any atom is -0.340 e. The molecule has 2 aromatic rings. The highest BCUT2D eigenvalue weighted by molar-refractivity contribution is 7.99. The lowest BCUT2D eigenvalue weighted by Gasteiger charge is -2.45. The highest BCUT2D eigenvalue weighted by Gasteiger charge is 2.34. The van der Waals surface area contributed by atoms with E-state index in [1.165, 1.54) is 18.7 Å². The van der Waals surface area contributed by atoms with Crippen molar-refractivity contribution in [3.63, 3.8) is 0 Å². The summed E-state index contributed by atoms with van der Waals surface area (Å²) in [5.41, 5.74) is 1.08. The van der Waals surface area contributed by atoms with E-state index in [-0.39, 0.29) is 0 Å². The molecule has 198 valence electrons. The zero-order valence-electron chi connectivity index (χ0n) is 21.7. The summed E-state index contributed by atoms with van der Waals surface area (Å²) in [6.07, 6.45) is -3.44. The molecule has 4 rings (SSSR count). The molecule has 0 bridgehead atoms. The van der Waals surface area contributed by atoms with Gasteiger partial charge in [-0.2, -0.15) is 13.2 Å².